The molecule has 2 aromatic carbocycles. The van der Waals surface area contributed by atoms with Crippen molar-refractivity contribution in [2.45, 2.75) is 38.3 Å². The van der Waals surface area contributed by atoms with Crippen LogP contribution in [-0.4, -0.2) is 31.0 Å². The smallest absolute Gasteiger partial charge is 0.118 e. The van der Waals surface area contributed by atoms with Gasteiger partial charge in [0.2, 0.25) is 0 Å². The molecule has 0 saturated heterocycles. The number of benzene rings is 2. The van der Waals surface area contributed by atoms with Crippen LogP contribution < -0.4 is 4.74 Å². The van der Waals surface area contributed by atoms with Crippen molar-refractivity contribution in [3.8, 4) is 5.75 Å². The Morgan fingerprint density at radius 1 is 1.00 bits per heavy atom. The molecule has 2 aromatic rings. The highest BCUT2D eigenvalue weighted by atomic mass is 16.5. The van der Waals surface area contributed by atoms with Gasteiger partial charge in [-0.05, 0) is 36.1 Å². The summed E-state index contributed by atoms with van der Waals surface area (Å²) in [6.45, 7) is 5.21. The Labute approximate surface area is 156 Å². The number of ether oxygens (including phenoxy) is 3. The lowest BCUT2D eigenvalue weighted by Crippen LogP contribution is -2.30. The van der Waals surface area contributed by atoms with Crippen LogP contribution in [0, 0.1) is 0 Å². The van der Waals surface area contributed by atoms with E-state index < -0.39 is 6.10 Å². The Kier molecular flexibility index (Phi) is 8.90. The summed E-state index contributed by atoms with van der Waals surface area (Å²) >= 11 is 0. The predicted octanol–water partition coefficient (Wildman–Crippen LogP) is 4.12. The molecule has 140 valence electrons. The average molecular weight is 356 g/mol. The van der Waals surface area contributed by atoms with Crippen LogP contribution in [0.2, 0.25) is 0 Å². The van der Waals surface area contributed by atoms with Crippen molar-refractivity contribution in [3.63, 3.8) is 0 Å². The highest BCUT2D eigenvalue weighted by Crippen LogP contribution is 2.16. The number of aliphatic hydroxyl groups is 1. The van der Waals surface area contributed by atoms with Gasteiger partial charge in [-0.2, -0.15) is 0 Å². The zero-order valence-corrected chi connectivity index (χ0v) is 15.3. The van der Waals surface area contributed by atoms with E-state index in [1.807, 2.05) is 54.6 Å². The fourth-order valence-electron chi connectivity index (χ4n) is 2.60. The van der Waals surface area contributed by atoms with E-state index in [0.717, 1.165) is 16.9 Å². The van der Waals surface area contributed by atoms with Crippen molar-refractivity contribution in [3.05, 3.63) is 78.4 Å². The molecule has 4 nitrogen and oxygen atoms in total. The molecule has 0 saturated carbocycles. The number of rotatable bonds is 12. The summed E-state index contributed by atoms with van der Waals surface area (Å²) in [5.41, 5.74) is 2.17. The highest BCUT2D eigenvalue weighted by molar-refractivity contribution is 5.26. The van der Waals surface area contributed by atoms with Gasteiger partial charge in [-0.1, -0.05) is 48.5 Å². The van der Waals surface area contributed by atoms with Gasteiger partial charge in [0.15, 0.2) is 0 Å². The standard InChI is InChI=1S/C22H28O4/c1-3-7-21(23)22(14-15-25-16-18-8-5-4-6-9-18)26-17-19-10-12-20(24-2)13-11-19/h3-6,8-13,21-23H,1,7,14-17H2,2H3/t21-,22-/m1/s1. The SMILES string of the molecule is C=CC[C@@H](O)[C@@H](CCOCc1ccccc1)OCc1ccc(OC)cc1. The first kappa shape index (κ1) is 20.2. The molecule has 0 aliphatic carbocycles. The first-order valence-corrected chi connectivity index (χ1v) is 8.88. The van der Waals surface area contributed by atoms with Crippen LogP contribution in [0.15, 0.2) is 67.3 Å². The van der Waals surface area contributed by atoms with Gasteiger partial charge in [-0.15, -0.1) is 6.58 Å². The van der Waals surface area contributed by atoms with Crippen LogP contribution in [0.1, 0.15) is 24.0 Å². The summed E-state index contributed by atoms with van der Waals surface area (Å²) < 4.78 is 16.8. The lowest BCUT2D eigenvalue weighted by molar-refractivity contribution is -0.0606. The molecule has 2 rings (SSSR count). The Hall–Kier alpha value is -2.14. The third-order valence-corrected chi connectivity index (χ3v) is 4.12. The third kappa shape index (κ3) is 7.00. The Morgan fingerprint density at radius 3 is 2.35 bits per heavy atom. The first-order valence-electron chi connectivity index (χ1n) is 8.88. The van der Waals surface area contributed by atoms with Gasteiger partial charge in [0.1, 0.15) is 5.75 Å². The predicted molar refractivity (Wildman–Crippen MR) is 103 cm³/mol. The number of hydrogen-bond donors (Lipinski definition) is 1. The van der Waals surface area contributed by atoms with Crippen molar-refractivity contribution in [2.24, 2.45) is 0 Å². The molecular formula is C22H28O4. The molecule has 0 unspecified atom stereocenters. The average Bonchev–Trinajstić information content (AvgIpc) is 2.68. The fourth-order valence-corrected chi connectivity index (χ4v) is 2.60. The number of hydrogen-bond acceptors (Lipinski definition) is 4. The van der Waals surface area contributed by atoms with Crippen LogP contribution in [-0.2, 0) is 22.7 Å². The summed E-state index contributed by atoms with van der Waals surface area (Å²) in [6.07, 6.45) is 1.93. The molecule has 0 amide bonds. The van der Waals surface area contributed by atoms with Crippen LogP contribution in [0.4, 0.5) is 0 Å². The maximum absolute atomic E-state index is 10.3. The summed E-state index contributed by atoms with van der Waals surface area (Å²) in [5, 5.41) is 10.3. The minimum atomic E-state index is -0.592. The molecule has 26 heavy (non-hydrogen) atoms. The highest BCUT2D eigenvalue weighted by Gasteiger charge is 2.19. The van der Waals surface area contributed by atoms with Crippen molar-refractivity contribution >= 4 is 0 Å². The molecule has 0 aliphatic rings. The Morgan fingerprint density at radius 2 is 1.69 bits per heavy atom. The van der Waals surface area contributed by atoms with Crippen molar-refractivity contribution in [1.82, 2.24) is 0 Å². The summed E-state index contributed by atoms with van der Waals surface area (Å²) in [7, 11) is 1.64. The van der Waals surface area contributed by atoms with Crippen molar-refractivity contribution < 1.29 is 19.3 Å². The molecule has 0 bridgehead atoms. The number of aliphatic hydroxyl groups excluding tert-OH is 1. The first-order chi connectivity index (χ1) is 12.7. The van der Waals surface area contributed by atoms with E-state index >= 15 is 0 Å². The molecule has 4 heteroatoms. The van der Waals surface area contributed by atoms with Gasteiger partial charge < -0.3 is 19.3 Å². The van der Waals surface area contributed by atoms with Crippen LogP contribution in [0.3, 0.4) is 0 Å². The molecule has 2 atom stereocenters. The molecule has 0 spiro atoms. The van der Waals surface area contributed by atoms with Gasteiger partial charge in [0.05, 0.1) is 32.5 Å². The van der Waals surface area contributed by atoms with Gasteiger partial charge in [0, 0.05) is 6.61 Å². The van der Waals surface area contributed by atoms with E-state index in [9.17, 15) is 5.11 Å². The van der Waals surface area contributed by atoms with Gasteiger partial charge in [-0.25, -0.2) is 0 Å². The lowest BCUT2D eigenvalue weighted by Gasteiger charge is -2.23. The molecule has 0 aliphatic heterocycles. The summed E-state index contributed by atoms with van der Waals surface area (Å²) in [5.74, 6) is 0.811. The minimum absolute atomic E-state index is 0.300. The summed E-state index contributed by atoms with van der Waals surface area (Å²) in [6, 6.07) is 17.8. The zero-order valence-electron chi connectivity index (χ0n) is 15.3. The second-order valence-corrected chi connectivity index (χ2v) is 6.12. The van der Waals surface area contributed by atoms with E-state index in [0.29, 0.717) is 32.7 Å². The maximum atomic E-state index is 10.3. The maximum Gasteiger partial charge on any atom is 0.118 e. The molecule has 0 aromatic heterocycles. The van der Waals surface area contributed by atoms with Crippen LogP contribution >= 0.6 is 0 Å². The lowest BCUT2D eigenvalue weighted by atomic mass is 10.1. The van der Waals surface area contributed by atoms with Crippen molar-refractivity contribution in [2.75, 3.05) is 13.7 Å². The van der Waals surface area contributed by atoms with E-state index in [1.165, 1.54) is 0 Å². The quantitative estimate of drug-likeness (QED) is 0.459. The largest absolute Gasteiger partial charge is 0.497 e. The summed E-state index contributed by atoms with van der Waals surface area (Å²) in [4.78, 5) is 0. The second kappa shape index (κ2) is 11.5. The molecule has 0 radical (unpaired) electrons. The minimum Gasteiger partial charge on any atom is -0.497 e. The Balaban J connectivity index is 1.81. The van der Waals surface area contributed by atoms with E-state index in [1.54, 1.807) is 13.2 Å². The van der Waals surface area contributed by atoms with E-state index in [-0.39, 0.29) is 6.10 Å². The normalized spacial score (nSPS) is 13.2. The van der Waals surface area contributed by atoms with Crippen LogP contribution in [0.25, 0.3) is 0 Å². The van der Waals surface area contributed by atoms with Crippen molar-refractivity contribution in [1.29, 1.82) is 0 Å². The van der Waals surface area contributed by atoms with E-state index in [2.05, 4.69) is 6.58 Å². The molecular weight excluding hydrogens is 328 g/mol. The molecule has 0 fully saturated rings. The zero-order chi connectivity index (χ0) is 18.6. The van der Waals surface area contributed by atoms with Crippen LogP contribution in [0.5, 0.6) is 5.75 Å². The second-order valence-electron chi connectivity index (χ2n) is 6.12. The van der Waals surface area contributed by atoms with Gasteiger partial charge in [0.25, 0.3) is 0 Å². The monoisotopic (exact) mass is 356 g/mol. The Bertz CT molecular complexity index is 624. The van der Waals surface area contributed by atoms with Gasteiger partial charge >= 0.3 is 0 Å². The molecule has 1 N–H and O–H groups in total. The van der Waals surface area contributed by atoms with Gasteiger partial charge in [-0.3, -0.25) is 0 Å². The molecule has 0 heterocycles. The number of methoxy groups -OCH3 is 1. The van der Waals surface area contributed by atoms with E-state index in [4.69, 9.17) is 14.2 Å². The topological polar surface area (TPSA) is 47.9 Å². The third-order valence-electron chi connectivity index (χ3n) is 4.12. The fraction of sp³-hybridized carbons (Fsp3) is 0.364.